The van der Waals surface area contributed by atoms with Crippen molar-refractivity contribution in [1.29, 1.82) is 0 Å². The van der Waals surface area contributed by atoms with E-state index in [2.05, 4.69) is 0 Å². The predicted molar refractivity (Wildman–Crippen MR) is 79.8 cm³/mol. The molecule has 1 N–H and O–H groups in total. The molecule has 21 heavy (non-hydrogen) atoms. The number of carbonyl (C=O) groups is 2. The zero-order valence-electron chi connectivity index (χ0n) is 11.4. The maximum absolute atomic E-state index is 12.4. The average molecular weight is 279 g/mol. The van der Waals surface area contributed by atoms with Crippen LogP contribution in [0, 0.1) is 0 Å². The molecule has 1 heterocycles. The fraction of sp³-hybridized carbons (Fsp3) is 0.0588. The van der Waals surface area contributed by atoms with Gasteiger partial charge in [-0.2, -0.15) is 0 Å². The molecule has 104 valence electrons. The Morgan fingerprint density at radius 3 is 2.33 bits per heavy atom. The van der Waals surface area contributed by atoms with Crippen molar-refractivity contribution in [3.8, 4) is 5.88 Å². The first-order valence-electron chi connectivity index (χ1n) is 6.53. The van der Waals surface area contributed by atoms with Gasteiger partial charge >= 0.3 is 0 Å². The highest BCUT2D eigenvalue weighted by Gasteiger charge is 2.14. The van der Waals surface area contributed by atoms with Gasteiger partial charge in [0.15, 0.2) is 11.7 Å². The molecular weight excluding hydrogens is 266 g/mol. The Morgan fingerprint density at radius 1 is 0.952 bits per heavy atom. The third kappa shape index (κ3) is 2.21. The van der Waals surface area contributed by atoms with Crippen molar-refractivity contribution in [3.05, 3.63) is 65.7 Å². The lowest BCUT2D eigenvalue weighted by atomic mass is 10.0. The molecule has 0 fully saturated rings. The minimum atomic E-state index is -0.273. The van der Waals surface area contributed by atoms with Crippen molar-refractivity contribution in [2.45, 2.75) is 6.92 Å². The smallest absolute Gasteiger partial charge is 0.230 e. The number of hydrogen-bond acceptors (Lipinski definition) is 3. The molecule has 3 aromatic rings. The Morgan fingerprint density at radius 2 is 1.67 bits per heavy atom. The van der Waals surface area contributed by atoms with Crippen molar-refractivity contribution in [1.82, 2.24) is 4.57 Å². The molecule has 1 aromatic heterocycles. The standard InChI is InChI=1S/C17H13NO3/c1-11(19)18-15-8-7-13(9-14(15)10-16(18)20)17(21)12-5-3-2-4-6-12/h2-10,20H,1H3. The van der Waals surface area contributed by atoms with E-state index in [4.69, 9.17) is 0 Å². The summed E-state index contributed by atoms with van der Waals surface area (Å²) in [4.78, 5) is 23.9. The van der Waals surface area contributed by atoms with Crippen molar-refractivity contribution in [2.75, 3.05) is 0 Å². The highest BCUT2D eigenvalue weighted by Crippen LogP contribution is 2.26. The van der Waals surface area contributed by atoms with Crippen molar-refractivity contribution >= 4 is 22.6 Å². The minimum Gasteiger partial charge on any atom is -0.494 e. The summed E-state index contributed by atoms with van der Waals surface area (Å²) in [7, 11) is 0. The lowest BCUT2D eigenvalue weighted by molar-refractivity contribution is 0.0932. The number of ketones is 1. The summed E-state index contributed by atoms with van der Waals surface area (Å²) < 4.78 is 1.21. The Kier molecular flexibility index (Phi) is 3.06. The molecule has 0 aliphatic heterocycles. The second-order valence-corrected chi connectivity index (χ2v) is 4.83. The fourth-order valence-corrected chi connectivity index (χ4v) is 2.43. The van der Waals surface area contributed by atoms with Crippen molar-refractivity contribution < 1.29 is 14.7 Å². The summed E-state index contributed by atoms with van der Waals surface area (Å²) in [6.07, 6.45) is 0. The molecule has 0 aliphatic rings. The highest BCUT2D eigenvalue weighted by molar-refractivity contribution is 6.11. The fourth-order valence-electron chi connectivity index (χ4n) is 2.43. The number of benzene rings is 2. The molecule has 0 saturated carbocycles. The Bertz CT molecular complexity index is 847. The average Bonchev–Trinajstić information content (AvgIpc) is 2.82. The second-order valence-electron chi connectivity index (χ2n) is 4.83. The predicted octanol–water partition coefficient (Wildman–Crippen LogP) is 3.24. The lowest BCUT2D eigenvalue weighted by Crippen LogP contribution is -2.04. The van der Waals surface area contributed by atoms with E-state index in [1.165, 1.54) is 17.6 Å². The Hall–Kier alpha value is -2.88. The van der Waals surface area contributed by atoms with E-state index >= 15 is 0 Å². The lowest BCUT2D eigenvalue weighted by Gasteiger charge is -2.03. The molecule has 0 spiro atoms. The molecule has 3 rings (SSSR count). The van der Waals surface area contributed by atoms with Crippen LogP contribution in [0.15, 0.2) is 54.6 Å². The van der Waals surface area contributed by atoms with Crippen LogP contribution in [0.1, 0.15) is 27.6 Å². The van der Waals surface area contributed by atoms with Gasteiger partial charge in [0.2, 0.25) is 5.91 Å². The van der Waals surface area contributed by atoms with Crippen LogP contribution in [0.3, 0.4) is 0 Å². The number of carbonyl (C=O) groups excluding carboxylic acids is 2. The van der Waals surface area contributed by atoms with Crippen molar-refractivity contribution in [2.24, 2.45) is 0 Å². The van der Waals surface area contributed by atoms with Crippen LogP contribution in [-0.4, -0.2) is 21.4 Å². The van der Waals surface area contributed by atoms with Gasteiger partial charge in [0, 0.05) is 29.5 Å². The van der Waals surface area contributed by atoms with E-state index < -0.39 is 0 Å². The highest BCUT2D eigenvalue weighted by atomic mass is 16.3. The molecule has 4 heteroatoms. The summed E-state index contributed by atoms with van der Waals surface area (Å²) in [6.45, 7) is 1.38. The summed E-state index contributed by atoms with van der Waals surface area (Å²) in [5.74, 6) is -0.487. The molecule has 0 unspecified atom stereocenters. The van der Waals surface area contributed by atoms with Gasteiger partial charge < -0.3 is 5.11 Å². The van der Waals surface area contributed by atoms with Crippen LogP contribution in [0.4, 0.5) is 0 Å². The van der Waals surface area contributed by atoms with Crippen LogP contribution in [-0.2, 0) is 0 Å². The van der Waals surface area contributed by atoms with E-state index in [0.29, 0.717) is 22.0 Å². The quantitative estimate of drug-likeness (QED) is 0.733. The number of rotatable bonds is 2. The van der Waals surface area contributed by atoms with Gasteiger partial charge in [-0.1, -0.05) is 30.3 Å². The largest absolute Gasteiger partial charge is 0.494 e. The molecule has 0 radical (unpaired) electrons. The van der Waals surface area contributed by atoms with E-state index in [-0.39, 0.29) is 17.6 Å². The van der Waals surface area contributed by atoms with Gasteiger partial charge in [0.25, 0.3) is 0 Å². The van der Waals surface area contributed by atoms with E-state index in [1.807, 2.05) is 18.2 Å². The summed E-state index contributed by atoms with van der Waals surface area (Å²) in [5.41, 5.74) is 1.71. The Labute approximate surface area is 121 Å². The second kappa shape index (κ2) is 4.90. The molecule has 0 amide bonds. The SMILES string of the molecule is CC(=O)n1c(O)cc2cc(C(=O)c3ccccc3)ccc21. The van der Waals surface area contributed by atoms with Gasteiger partial charge in [-0.3, -0.25) is 14.2 Å². The molecule has 0 saturated heterocycles. The van der Waals surface area contributed by atoms with Crippen molar-refractivity contribution in [3.63, 3.8) is 0 Å². The number of fused-ring (bicyclic) bond motifs is 1. The first kappa shape index (κ1) is 13.1. The van der Waals surface area contributed by atoms with Crippen LogP contribution in [0.5, 0.6) is 5.88 Å². The molecule has 4 nitrogen and oxygen atoms in total. The van der Waals surface area contributed by atoms with Gasteiger partial charge in [-0.15, -0.1) is 0 Å². The van der Waals surface area contributed by atoms with E-state index in [0.717, 1.165) is 0 Å². The maximum Gasteiger partial charge on any atom is 0.230 e. The minimum absolute atomic E-state index is 0.0902. The van der Waals surface area contributed by atoms with Crippen LogP contribution >= 0.6 is 0 Å². The third-order valence-corrected chi connectivity index (χ3v) is 3.40. The molecule has 2 aromatic carbocycles. The topological polar surface area (TPSA) is 59.3 Å². The van der Waals surface area contributed by atoms with Gasteiger partial charge in [-0.05, 0) is 18.2 Å². The number of aromatic hydroxyl groups is 1. The summed E-state index contributed by atoms with van der Waals surface area (Å²) in [6, 6.07) is 15.5. The van der Waals surface area contributed by atoms with Crippen LogP contribution in [0.2, 0.25) is 0 Å². The number of hydrogen-bond donors (Lipinski definition) is 1. The Balaban J connectivity index is 2.11. The molecular formula is C17H13NO3. The van der Waals surface area contributed by atoms with Gasteiger partial charge in [0.05, 0.1) is 5.52 Å². The summed E-state index contributed by atoms with van der Waals surface area (Å²) >= 11 is 0. The maximum atomic E-state index is 12.4. The number of nitrogens with zero attached hydrogens (tertiary/aromatic N) is 1. The zero-order valence-corrected chi connectivity index (χ0v) is 11.4. The van der Waals surface area contributed by atoms with Crippen LogP contribution in [0.25, 0.3) is 10.9 Å². The molecule has 0 bridgehead atoms. The monoisotopic (exact) mass is 279 g/mol. The third-order valence-electron chi connectivity index (χ3n) is 3.40. The first-order chi connectivity index (χ1) is 10.1. The van der Waals surface area contributed by atoms with E-state index in [1.54, 1.807) is 30.3 Å². The van der Waals surface area contributed by atoms with Gasteiger partial charge in [-0.25, -0.2) is 0 Å². The van der Waals surface area contributed by atoms with Crippen LogP contribution < -0.4 is 0 Å². The summed E-state index contributed by atoms with van der Waals surface area (Å²) in [5, 5.41) is 10.5. The zero-order chi connectivity index (χ0) is 15.0. The first-order valence-corrected chi connectivity index (χ1v) is 6.53. The molecule has 0 aliphatic carbocycles. The normalized spacial score (nSPS) is 10.7. The molecule has 0 atom stereocenters. The van der Waals surface area contributed by atoms with E-state index in [9.17, 15) is 14.7 Å². The number of aromatic nitrogens is 1. The van der Waals surface area contributed by atoms with Gasteiger partial charge in [0.1, 0.15) is 0 Å².